The third-order valence-electron chi connectivity index (χ3n) is 3.32. The Morgan fingerprint density at radius 1 is 1.19 bits per heavy atom. The maximum atomic E-state index is 6.01. The van der Waals surface area contributed by atoms with Crippen LogP contribution < -0.4 is 10.6 Å². The lowest BCUT2D eigenvalue weighted by Crippen LogP contribution is -2.30. The summed E-state index contributed by atoms with van der Waals surface area (Å²) in [5, 5.41) is 7.79. The van der Waals surface area contributed by atoms with Crippen LogP contribution in [0, 0.1) is 0 Å². The highest BCUT2D eigenvalue weighted by Crippen LogP contribution is 2.17. The van der Waals surface area contributed by atoms with Gasteiger partial charge in [0.2, 0.25) is 0 Å². The highest BCUT2D eigenvalue weighted by Gasteiger charge is 2.07. The van der Waals surface area contributed by atoms with Gasteiger partial charge in [-0.05, 0) is 61.0 Å². The normalized spacial score (nSPS) is 11.8. The molecule has 0 amide bonds. The topological polar surface area (TPSA) is 24.1 Å². The molecule has 1 atom stereocenters. The summed E-state index contributed by atoms with van der Waals surface area (Å²) in [6.07, 6.45) is 1.04. The van der Waals surface area contributed by atoms with E-state index in [1.807, 2.05) is 36.4 Å². The second kappa shape index (κ2) is 7.43. The average molecular weight is 319 g/mol. The van der Waals surface area contributed by atoms with E-state index in [0.717, 1.165) is 22.7 Å². The van der Waals surface area contributed by atoms with E-state index in [-0.39, 0.29) is 6.04 Å². The van der Waals surface area contributed by atoms with Crippen molar-refractivity contribution in [1.82, 2.24) is 5.32 Å². The fourth-order valence-corrected chi connectivity index (χ4v) is 2.54. The molecule has 0 aliphatic carbocycles. The first-order valence-electron chi connectivity index (χ1n) is 7.00. The molecule has 0 saturated heterocycles. The summed E-state index contributed by atoms with van der Waals surface area (Å²) >= 11 is 11.4. The molecule has 2 N–H and O–H groups in total. The van der Waals surface area contributed by atoms with Gasteiger partial charge in [0, 0.05) is 10.7 Å². The van der Waals surface area contributed by atoms with Crippen LogP contribution in [0.4, 0.5) is 5.69 Å². The van der Waals surface area contributed by atoms with Gasteiger partial charge < -0.3 is 10.6 Å². The largest absolute Gasteiger partial charge is 0.356 e. The van der Waals surface area contributed by atoms with E-state index < -0.39 is 0 Å². The first-order chi connectivity index (χ1) is 10.1. The Morgan fingerprint density at radius 2 is 1.90 bits per heavy atom. The highest BCUT2D eigenvalue weighted by molar-refractivity contribution is 7.80. The van der Waals surface area contributed by atoms with Gasteiger partial charge in [-0.2, -0.15) is 0 Å². The van der Waals surface area contributed by atoms with Crippen LogP contribution in [0.2, 0.25) is 5.02 Å². The van der Waals surface area contributed by atoms with Crippen molar-refractivity contribution < 1.29 is 0 Å². The number of benzene rings is 2. The number of anilines is 1. The Labute approximate surface area is 136 Å². The van der Waals surface area contributed by atoms with Gasteiger partial charge in [-0.15, -0.1) is 0 Å². The maximum Gasteiger partial charge on any atom is 0.171 e. The van der Waals surface area contributed by atoms with E-state index in [1.165, 1.54) is 5.56 Å². The summed E-state index contributed by atoms with van der Waals surface area (Å²) in [7, 11) is 0. The number of hydrogen-bond donors (Lipinski definition) is 2. The number of hydrogen-bond acceptors (Lipinski definition) is 1. The van der Waals surface area contributed by atoms with Gasteiger partial charge >= 0.3 is 0 Å². The summed E-state index contributed by atoms with van der Waals surface area (Å²) in [4.78, 5) is 0. The molecule has 2 aromatic rings. The van der Waals surface area contributed by atoms with Crippen LogP contribution in [0.1, 0.15) is 31.0 Å². The Hall–Kier alpha value is -1.58. The lowest BCUT2D eigenvalue weighted by atomic mass is 10.1. The van der Waals surface area contributed by atoms with Crippen LogP contribution in [0.25, 0.3) is 0 Å². The fraction of sp³-hybridized carbons (Fsp3) is 0.235. The molecule has 0 aliphatic heterocycles. The number of halogens is 1. The molecule has 110 valence electrons. The summed E-state index contributed by atoms with van der Waals surface area (Å²) in [5.74, 6) is 0. The molecular formula is C17H19ClN2S. The molecule has 0 saturated carbocycles. The molecule has 0 unspecified atom stereocenters. The molecule has 4 heteroatoms. The second-order valence-electron chi connectivity index (χ2n) is 4.93. The molecule has 0 bridgehead atoms. The van der Waals surface area contributed by atoms with Crippen molar-refractivity contribution in [2.24, 2.45) is 0 Å². The summed E-state index contributed by atoms with van der Waals surface area (Å²) in [6, 6.07) is 16.2. The van der Waals surface area contributed by atoms with E-state index >= 15 is 0 Å². The molecule has 0 aromatic heterocycles. The van der Waals surface area contributed by atoms with E-state index in [2.05, 4.69) is 36.6 Å². The molecule has 2 aromatic carbocycles. The van der Waals surface area contributed by atoms with Gasteiger partial charge in [-0.1, -0.05) is 42.8 Å². The van der Waals surface area contributed by atoms with Crippen LogP contribution in [0.5, 0.6) is 0 Å². The SMILES string of the molecule is CCc1ccc(NC(=S)N[C@H](C)c2cccc(Cl)c2)cc1. The summed E-state index contributed by atoms with van der Waals surface area (Å²) in [5.41, 5.74) is 3.41. The fourth-order valence-electron chi connectivity index (χ4n) is 2.05. The molecule has 21 heavy (non-hydrogen) atoms. The van der Waals surface area contributed by atoms with Crippen LogP contribution in [0.3, 0.4) is 0 Å². The van der Waals surface area contributed by atoms with Crippen molar-refractivity contribution in [2.45, 2.75) is 26.3 Å². The zero-order valence-corrected chi connectivity index (χ0v) is 13.8. The van der Waals surface area contributed by atoms with Crippen molar-refractivity contribution in [1.29, 1.82) is 0 Å². The van der Waals surface area contributed by atoms with E-state index in [0.29, 0.717) is 5.11 Å². The Morgan fingerprint density at radius 3 is 2.52 bits per heavy atom. The third-order valence-corrected chi connectivity index (χ3v) is 3.77. The Bertz CT molecular complexity index is 610. The predicted octanol–water partition coefficient (Wildman–Crippen LogP) is 4.95. The van der Waals surface area contributed by atoms with Crippen LogP contribution >= 0.6 is 23.8 Å². The zero-order chi connectivity index (χ0) is 15.2. The van der Waals surface area contributed by atoms with Crippen molar-refractivity contribution in [3.8, 4) is 0 Å². The van der Waals surface area contributed by atoms with Crippen molar-refractivity contribution in [3.63, 3.8) is 0 Å². The minimum Gasteiger partial charge on any atom is -0.356 e. The molecule has 0 fully saturated rings. The predicted molar refractivity (Wildman–Crippen MR) is 95.0 cm³/mol. The number of thiocarbonyl (C=S) groups is 1. The quantitative estimate of drug-likeness (QED) is 0.780. The minimum absolute atomic E-state index is 0.0959. The lowest BCUT2D eigenvalue weighted by molar-refractivity contribution is 0.723. The Balaban J connectivity index is 1.94. The molecule has 2 rings (SSSR count). The maximum absolute atomic E-state index is 6.01. The van der Waals surface area contributed by atoms with Gasteiger partial charge in [0.05, 0.1) is 6.04 Å². The summed E-state index contributed by atoms with van der Waals surface area (Å²) < 4.78 is 0. The Kier molecular flexibility index (Phi) is 5.59. The lowest BCUT2D eigenvalue weighted by Gasteiger charge is -2.17. The first kappa shape index (κ1) is 15.8. The monoisotopic (exact) mass is 318 g/mol. The standard InChI is InChI=1S/C17H19ClN2S/c1-3-13-7-9-16(10-8-13)20-17(21)19-12(2)14-5-4-6-15(18)11-14/h4-12H,3H2,1-2H3,(H2,19,20,21)/t12-/m1/s1. The minimum atomic E-state index is 0.0959. The number of nitrogens with one attached hydrogen (secondary N) is 2. The molecule has 0 spiro atoms. The molecule has 0 aliphatic rings. The molecule has 2 nitrogen and oxygen atoms in total. The zero-order valence-electron chi connectivity index (χ0n) is 12.2. The molecular weight excluding hydrogens is 300 g/mol. The van der Waals surface area contributed by atoms with Gasteiger partial charge in [-0.25, -0.2) is 0 Å². The molecule has 0 heterocycles. The van der Waals surface area contributed by atoms with Crippen LogP contribution in [0.15, 0.2) is 48.5 Å². The third kappa shape index (κ3) is 4.73. The van der Waals surface area contributed by atoms with Gasteiger partial charge in [0.15, 0.2) is 5.11 Å². The summed E-state index contributed by atoms with van der Waals surface area (Å²) in [6.45, 7) is 4.20. The van der Waals surface area contributed by atoms with Crippen LogP contribution in [-0.4, -0.2) is 5.11 Å². The van der Waals surface area contributed by atoms with Gasteiger partial charge in [-0.3, -0.25) is 0 Å². The first-order valence-corrected chi connectivity index (χ1v) is 7.79. The van der Waals surface area contributed by atoms with Gasteiger partial charge in [0.1, 0.15) is 0 Å². The van der Waals surface area contributed by atoms with E-state index in [9.17, 15) is 0 Å². The number of aryl methyl sites for hydroxylation is 1. The van der Waals surface area contributed by atoms with E-state index in [4.69, 9.17) is 23.8 Å². The second-order valence-corrected chi connectivity index (χ2v) is 5.77. The van der Waals surface area contributed by atoms with Crippen molar-refractivity contribution >= 4 is 34.6 Å². The molecule has 0 radical (unpaired) electrons. The average Bonchev–Trinajstić information content (AvgIpc) is 2.48. The highest BCUT2D eigenvalue weighted by atomic mass is 35.5. The van der Waals surface area contributed by atoms with E-state index in [1.54, 1.807) is 0 Å². The van der Waals surface area contributed by atoms with Crippen molar-refractivity contribution in [2.75, 3.05) is 5.32 Å². The smallest absolute Gasteiger partial charge is 0.171 e. The van der Waals surface area contributed by atoms with Crippen LogP contribution in [-0.2, 0) is 6.42 Å². The van der Waals surface area contributed by atoms with Crippen molar-refractivity contribution in [3.05, 3.63) is 64.7 Å². The number of rotatable bonds is 4. The van der Waals surface area contributed by atoms with Gasteiger partial charge in [0.25, 0.3) is 0 Å².